The zero-order valence-corrected chi connectivity index (χ0v) is 8.57. The van der Waals surface area contributed by atoms with Gasteiger partial charge in [0.15, 0.2) is 5.82 Å². The molecule has 4 nitrogen and oxygen atoms in total. The number of hydrogen-bond donors (Lipinski definition) is 1. The Morgan fingerprint density at radius 1 is 1.50 bits per heavy atom. The summed E-state index contributed by atoms with van der Waals surface area (Å²) in [4.78, 5) is 4.41. The smallest absolute Gasteiger partial charge is 0.229 e. The third-order valence-electron chi connectivity index (χ3n) is 2.96. The van der Waals surface area contributed by atoms with Gasteiger partial charge in [-0.2, -0.15) is 4.98 Å². The first-order valence-electron chi connectivity index (χ1n) is 5.35. The second-order valence-electron chi connectivity index (χ2n) is 4.11. The average Bonchev–Trinajstić information content (AvgIpc) is 2.86. The average molecular weight is 195 g/mol. The molecule has 0 spiro atoms. The van der Waals surface area contributed by atoms with Crippen LogP contribution in [0.2, 0.25) is 0 Å². The Morgan fingerprint density at radius 3 is 2.86 bits per heavy atom. The van der Waals surface area contributed by atoms with Gasteiger partial charge in [-0.3, -0.25) is 0 Å². The lowest BCUT2D eigenvalue weighted by Gasteiger charge is -2.01. The van der Waals surface area contributed by atoms with Gasteiger partial charge in [0.25, 0.3) is 0 Å². The maximum absolute atomic E-state index is 5.55. The molecule has 1 unspecified atom stereocenters. The van der Waals surface area contributed by atoms with E-state index in [1.54, 1.807) is 0 Å². The fraction of sp³-hybridized carbons (Fsp3) is 0.800. The van der Waals surface area contributed by atoms with E-state index in [2.05, 4.69) is 10.1 Å². The van der Waals surface area contributed by atoms with Gasteiger partial charge in [0.1, 0.15) is 0 Å². The SMILES string of the molecule is CC(CN)c1noc(C2CCCC2)n1. The molecule has 4 heteroatoms. The molecule has 1 saturated carbocycles. The first-order chi connectivity index (χ1) is 6.81. The molecule has 1 aliphatic rings. The summed E-state index contributed by atoms with van der Waals surface area (Å²) in [6.45, 7) is 2.59. The van der Waals surface area contributed by atoms with E-state index in [1.807, 2.05) is 6.92 Å². The Kier molecular flexibility index (Phi) is 2.82. The number of hydrogen-bond acceptors (Lipinski definition) is 4. The number of nitrogens with zero attached hydrogens (tertiary/aromatic N) is 2. The van der Waals surface area contributed by atoms with Crippen molar-refractivity contribution in [3.05, 3.63) is 11.7 Å². The summed E-state index contributed by atoms with van der Waals surface area (Å²) in [5, 5.41) is 3.97. The first kappa shape index (κ1) is 9.65. The van der Waals surface area contributed by atoms with Gasteiger partial charge in [-0.1, -0.05) is 24.9 Å². The van der Waals surface area contributed by atoms with E-state index >= 15 is 0 Å². The number of rotatable bonds is 3. The topological polar surface area (TPSA) is 64.9 Å². The van der Waals surface area contributed by atoms with Gasteiger partial charge < -0.3 is 10.3 Å². The van der Waals surface area contributed by atoms with Gasteiger partial charge >= 0.3 is 0 Å². The summed E-state index contributed by atoms with van der Waals surface area (Å²) in [5.74, 6) is 2.28. The van der Waals surface area contributed by atoms with Crippen LogP contribution in [0.5, 0.6) is 0 Å². The molecule has 0 radical (unpaired) electrons. The van der Waals surface area contributed by atoms with Crippen molar-refractivity contribution in [1.82, 2.24) is 10.1 Å². The lowest BCUT2D eigenvalue weighted by atomic mass is 10.1. The second kappa shape index (κ2) is 4.09. The Labute approximate surface area is 83.9 Å². The molecular weight excluding hydrogens is 178 g/mol. The van der Waals surface area contributed by atoms with Gasteiger partial charge in [0, 0.05) is 18.4 Å². The Balaban J connectivity index is 2.08. The molecule has 1 aromatic heterocycles. The van der Waals surface area contributed by atoms with Crippen LogP contribution in [-0.4, -0.2) is 16.7 Å². The molecule has 14 heavy (non-hydrogen) atoms. The minimum Gasteiger partial charge on any atom is -0.339 e. The van der Waals surface area contributed by atoms with Crippen molar-refractivity contribution in [2.75, 3.05) is 6.54 Å². The zero-order chi connectivity index (χ0) is 9.97. The first-order valence-corrected chi connectivity index (χ1v) is 5.35. The fourth-order valence-corrected chi connectivity index (χ4v) is 1.89. The predicted molar refractivity (Wildman–Crippen MR) is 53.0 cm³/mol. The molecule has 0 saturated heterocycles. The number of aromatic nitrogens is 2. The van der Waals surface area contributed by atoms with Crippen LogP contribution in [0.15, 0.2) is 4.52 Å². The highest BCUT2D eigenvalue weighted by Crippen LogP contribution is 2.33. The molecule has 0 aliphatic heterocycles. The van der Waals surface area contributed by atoms with Crippen molar-refractivity contribution >= 4 is 0 Å². The Morgan fingerprint density at radius 2 is 2.21 bits per heavy atom. The highest BCUT2D eigenvalue weighted by atomic mass is 16.5. The highest BCUT2D eigenvalue weighted by Gasteiger charge is 2.23. The van der Waals surface area contributed by atoms with E-state index < -0.39 is 0 Å². The van der Waals surface area contributed by atoms with Crippen molar-refractivity contribution < 1.29 is 4.52 Å². The summed E-state index contributed by atoms with van der Waals surface area (Å²) < 4.78 is 5.25. The van der Waals surface area contributed by atoms with Crippen molar-refractivity contribution in [3.63, 3.8) is 0 Å². The minimum atomic E-state index is 0.203. The molecule has 0 amide bonds. The summed E-state index contributed by atoms with van der Waals surface area (Å²) in [6, 6.07) is 0. The van der Waals surface area contributed by atoms with Crippen molar-refractivity contribution in [1.29, 1.82) is 0 Å². The molecule has 2 N–H and O–H groups in total. The standard InChI is InChI=1S/C10H17N3O/c1-7(6-11)9-12-10(14-13-9)8-4-2-3-5-8/h7-8H,2-6,11H2,1H3. The van der Waals surface area contributed by atoms with E-state index in [-0.39, 0.29) is 5.92 Å². The van der Waals surface area contributed by atoms with Crippen molar-refractivity contribution in [3.8, 4) is 0 Å². The Bertz CT molecular complexity index is 291. The molecule has 1 atom stereocenters. The van der Waals surface area contributed by atoms with Crippen LogP contribution < -0.4 is 5.73 Å². The molecule has 0 bridgehead atoms. The van der Waals surface area contributed by atoms with Crippen LogP contribution in [0.4, 0.5) is 0 Å². The minimum absolute atomic E-state index is 0.203. The van der Waals surface area contributed by atoms with Gasteiger partial charge in [0.05, 0.1) is 0 Å². The maximum Gasteiger partial charge on any atom is 0.229 e. The van der Waals surface area contributed by atoms with Crippen molar-refractivity contribution in [2.45, 2.75) is 44.4 Å². The predicted octanol–water partition coefficient (Wildman–Crippen LogP) is 1.79. The second-order valence-corrected chi connectivity index (χ2v) is 4.11. The third kappa shape index (κ3) is 1.80. The molecule has 1 heterocycles. The van der Waals surface area contributed by atoms with E-state index in [4.69, 9.17) is 10.3 Å². The van der Waals surface area contributed by atoms with Crippen molar-refractivity contribution in [2.24, 2.45) is 5.73 Å². The van der Waals surface area contributed by atoms with E-state index in [0.717, 1.165) is 11.7 Å². The summed E-state index contributed by atoms with van der Waals surface area (Å²) in [7, 11) is 0. The molecule has 1 aromatic rings. The van der Waals surface area contributed by atoms with Crippen LogP contribution in [0.3, 0.4) is 0 Å². The lowest BCUT2D eigenvalue weighted by molar-refractivity contribution is 0.348. The lowest BCUT2D eigenvalue weighted by Crippen LogP contribution is -2.10. The van der Waals surface area contributed by atoms with Gasteiger partial charge in [-0.15, -0.1) is 0 Å². The highest BCUT2D eigenvalue weighted by molar-refractivity contribution is 4.99. The van der Waals surface area contributed by atoms with Gasteiger partial charge in [-0.05, 0) is 12.8 Å². The molecule has 2 rings (SSSR count). The molecule has 1 aliphatic carbocycles. The molecule has 1 fully saturated rings. The monoisotopic (exact) mass is 195 g/mol. The van der Waals surface area contributed by atoms with Crippen LogP contribution in [0.1, 0.15) is 56.2 Å². The van der Waals surface area contributed by atoms with Gasteiger partial charge in [0.2, 0.25) is 5.89 Å². The van der Waals surface area contributed by atoms with Gasteiger partial charge in [-0.25, -0.2) is 0 Å². The van der Waals surface area contributed by atoms with E-state index in [0.29, 0.717) is 12.5 Å². The van der Waals surface area contributed by atoms with Crippen LogP contribution in [0.25, 0.3) is 0 Å². The normalized spacial score (nSPS) is 20.1. The quantitative estimate of drug-likeness (QED) is 0.798. The van der Waals surface area contributed by atoms with Crippen LogP contribution in [-0.2, 0) is 0 Å². The summed E-state index contributed by atoms with van der Waals surface area (Å²) in [6.07, 6.45) is 4.96. The van der Waals surface area contributed by atoms with Crippen LogP contribution in [0, 0.1) is 0 Å². The summed E-state index contributed by atoms with van der Waals surface area (Å²) >= 11 is 0. The Hall–Kier alpha value is -0.900. The van der Waals surface area contributed by atoms with Crippen LogP contribution >= 0.6 is 0 Å². The summed E-state index contributed by atoms with van der Waals surface area (Å²) in [5.41, 5.74) is 5.55. The largest absolute Gasteiger partial charge is 0.339 e. The van der Waals surface area contributed by atoms with E-state index in [9.17, 15) is 0 Å². The zero-order valence-electron chi connectivity index (χ0n) is 8.57. The van der Waals surface area contributed by atoms with E-state index in [1.165, 1.54) is 25.7 Å². The molecule has 0 aromatic carbocycles. The molecule has 78 valence electrons. The maximum atomic E-state index is 5.55. The fourth-order valence-electron chi connectivity index (χ4n) is 1.89. The third-order valence-corrected chi connectivity index (χ3v) is 2.96. The number of nitrogens with two attached hydrogens (primary N) is 1. The molecular formula is C10H17N3O.